The summed E-state index contributed by atoms with van der Waals surface area (Å²) in [5.41, 5.74) is 2.32. The van der Waals surface area contributed by atoms with E-state index in [9.17, 15) is 9.59 Å². The molecule has 34 heavy (non-hydrogen) atoms. The van der Waals surface area contributed by atoms with Crippen molar-refractivity contribution in [3.63, 3.8) is 0 Å². The van der Waals surface area contributed by atoms with E-state index in [2.05, 4.69) is 20.9 Å². The van der Waals surface area contributed by atoms with Crippen LogP contribution in [0.2, 0.25) is 0 Å². The van der Waals surface area contributed by atoms with Crippen LogP contribution in [-0.2, 0) is 9.53 Å². The molecule has 1 aromatic heterocycles. The van der Waals surface area contributed by atoms with Crippen LogP contribution in [0, 0.1) is 0 Å². The molecule has 2 heterocycles. The molecule has 0 spiro atoms. The molecule has 0 amide bonds. The first-order chi connectivity index (χ1) is 16.4. The molecule has 2 aromatic carbocycles. The second kappa shape index (κ2) is 9.99. The van der Waals surface area contributed by atoms with E-state index in [1.54, 1.807) is 30.9 Å². The van der Waals surface area contributed by atoms with Gasteiger partial charge < -0.3 is 14.2 Å². The normalized spacial score (nSPS) is 15.6. The molecule has 4 rings (SSSR count). The van der Waals surface area contributed by atoms with Crippen LogP contribution >= 0.6 is 27.3 Å². The highest BCUT2D eigenvalue weighted by molar-refractivity contribution is 9.10. The molecule has 0 aliphatic carbocycles. The van der Waals surface area contributed by atoms with E-state index in [1.165, 1.54) is 18.4 Å². The van der Waals surface area contributed by atoms with Gasteiger partial charge >= 0.3 is 5.97 Å². The maximum atomic E-state index is 13.7. The second-order valence-electron chi connectivity index (χ2n) is 7.44. The zero-order valence-corrected chi connectivity index (χ0v) is 21.5. The van der Waals surface area contributed by atoms with E-state index in [1.807, 2.05) is 43.3 Å². The van der Waals surface area contributed by atoms with Crippen LogP contribution in [-0.4, -0.2) is 31.9 Å². The number of ether oxygens (including phenoxy) is 3. The van der Waals surface area contributed by atoms with Crippen molar-refractivity contribution < 1.29 is 19.0 Å². The fraction of sp³-hybridized carbons (Fsp3) is 0.240. The lowest BCUT2D eigenvalue weighted by atomic mass is 9.95. The van der Waals surface area contributed by atoms with Gasteiger partial charge in [-0.3, -0.25) is 9.36 Å². The third-order valence-electron chi connectivity index (χ3n) is 5.52. The van der Waals surface area contributed by atoms with Crippen LogP contribution in [0.1, 0.15) is 30.5 Å². The van der Waals surface area contributed by atoms with Gasteiger partial charge in [0.1, 0.15) is 0 Å². The largest absolute Gasteiger partial charge is 0.493 e. The van der Waals surface area contributed by atoms with Gasteiger partial charge in [-0.05, 0) is 51.7 Å². The van der Waals surface area contributed by atoms with E-state index < -0.39 is 12.0 Å². The summed E-state index contributed by atoms with van der Waals surface area (Å²) in [6.45, 7) is 1.93. The third kappa shape index (κ3) is 4.21. The third-order valence-corrected chi connectivity index (χ3v) is 7.09. The summed E-state index contributed by atoms with van der Waals surface area (Å²) in [6.07, 6.45) is 2.31. The number of carbonyl (C=O) groups excluding carboxylic acids is 1. The van der Waals surface area contributed by atoms with Crippen molar-refractivity contribution in [3.8, 4) is 11.5 Å². The molecule has 176 valence electrons. The predicted molar refractivity (Wildman–Crippen MR) is 134 cm³/mol. The standard InChI is InChI=1S/C25H23BrN2O5S/c1-5-17-20(24(30)33-4)21(15-9-7-6-8-10-15)28-23(29)19(34-25(28)27-17)13-14-11-16(26)22(32-3)18(12-14)31-2/h6-13,21H,5H2,1-4H3/b19-13+/t21-/m1/s1. The number of thiazole rings is 1. The summed E-state index contributed by atoms with van der Waals surface area (Å²) in [4.78, 5) is 31.7. The zero-order chi connectivity index (χ0) is 24.4. The summed E-state index contributed by atoms with van der Waals surface area (Å²) in [5.74, 6) is 0.618. The van der Waals surface area contributed by atoms with Crippen LogP contribution < -0.4 is 24.4 Å². The molecular formula is C25H23BrN2O5S. The molecule has 1 atom stereocenters. The Bertz CT molecular complexity index is 1460. The molecule has 0 fully saturated rings. The number of halogens is 1. The van der Waals surface area contributed by atoms with Crippen LogP contribution in [0.3, 0.4) is 0 Å². The number of allylic oxidation sites excluding steroid dienone is 1. The molecule has 0 bridgehead atoms. The molecule has 0 saturated heterocycles. The Labute approximate surface area is 208 Å². The average molecular weight is 543 g/mol. The molecule has 3 aromatic rings. The summed E-state index contributed by atoms with van der Waals surface area (Å²) < 4.78 is 18.7. The van der Waals surface area contributed by atoms with Crippen LogP contribution in [0.4, 0.5) is 0 Å². The SMILES string of the molecule is CCC1=C(C(=O)OC)[C@@H](c2ccccc2)n2c(s/c(=C/c3cc(Br)c(OC)c(OC)c3)c2=O)=N1. The Morgan fingerprint density at radius 3 is 2.53 bits per heavy atom. The maximum Gasteiger partial charge on any atom is 0.338 e. The van der Waals surface area contributed by atoms with Crippen molar-refractivity contribution in [1.82, 2.24) is 4.57 Å². The van der Waals surface area contributed by atoms with E-state index in [0.717, 1.165) is 11.1 Å². The lowest BCUT2D eigenvalue weighted by Gasteiger charge is -2.25. The van der Waals surface area contributed by atoms with E-state index in [0.29, 0.717) is 43.0 Å². The molecule has 0 radical (unpaired) electrons. The number of nitrogens with zero attached hydrogens (tertiary/aromatic N) is 2. The zero-order valence-electron chi connectivity index (χ0n) is 19.1. The number of carbonyl (C=O) groups is 1. The van der Waals surface area contributed by atoms with Crippen molar-refractivity contribution >= 4 is 39.3 Å². The van der Waals surface area contributed by atoms with Crippen molar-refractivity contribution in [1.29, 1.82) is 0 Å². The number of hydrogen-bond acceptors (Lipinski definition) is 7. The van der Waals surface area contributed by atoms with Gasteiger partial charge in [-0.25, -0.2) is 9.79 Å². The Morgan fingerprint density at radius 2 is 1.91 bits per heavy atom. The van der Waals surface area contributed by atoms with Crippen LogP contribution in [0.5, 0.6) is 11.5 Å². The smallest absolute Gasteiger partial charge is 0.338 e. The maximum absolute atomic E-state index is 13.7. The fourth-order valence-corrected chi connectivity index (χ4v) is 5.63. The number of methoxy groups -OCH3 is 3. The molecule has 1 aliphatic heterocycles. The fourth-order valence-electron chi connectivity index (χ4n) is 3.99. The highest BCUT2D eigenvalue weighted by Crippen LogP contribution is 2.36. The number of esters is 1. The average Bonchev–Trinajstić information content (AvgIpc) is 3.16. The first-order valence-electron chi connectivity index (χ1n) is 10.5. The molecule has 0 saturated carbocycles. The van der Waals surface area contributed by atoms with Gasteiger partial charge in [-0.2, -0.15) is 0 Å². The van der Waals surface area contributed by atoms with Gasteiger partial charge in [0.25, 0.3) is 5.56 Å². The lowest BCUT2D eigenvalue weighted by molar-refractivity contribution is -0.136. The van der Waals surface area contributed by atoms with Gasteiger partial charge in [0.15, 0.2) is 16.3 Å². The predicted octanol–water partition coefficient (Wildman–Crippen LogP) is 3.58. The molecule has 0 unspecified atom stereocenters. The minimum absolute atomic E-state index is 0.236. The van der Waals surface area contributed by atoms with E-state index in [-0.39, 0.29) is 5.56 Å². The van der Waals surface area contributed by atoms with Gasteiger partial charge in [0.05, 0.1) is 47.6 Å². The minimum atomic E-state index is -0.626. The number of rotatable bonds is 6. The van der Waals surface area contributed by atoms with E-state index in [4.69, 9.17) is 14.2 Å². The summed E-state index contributed by atoms with van der Waals surface area (Å²) in [7, 11) is 4.46. The Kier molecular flexibility index (Phi) is 7.04. The number of fused-ring (bicyclic) bond motifs is 1. The van der Waals surface area contributed by atoms with Gasteiger partial charge in [0, 0.05) is 0 Å². The molecule has 7 nitrogen and oxygen atoms in total. The monoisotopic (exact) mass is 542 g/mol. The highest BCUT2D eigenvalue weighted by atomic mass is 79.9. The second-order valence-corrected chi connectivity index (χ2v) is 9.30. The molecule has 9 heteroatoms. The quantitative estimate of drug-likeness (QED) is 0.445. The summed E-state index contributed by atoms with van der Waals surface area (Å²) in [6, 6.07) is 12.5. The molecule has 0 N–H and O–H groups in total. The van der Waals surface area contributed by atoms with Gasteiger partial charge in [-0.1, -0.05) is 48.6 Å². The Hall–Kier alpha value is -3.17. The van der Waals surface area contributed by atoms with Crippen molar-refractivity contribution in [3.05, 3.63) is 89.0 Å². The summed E-state index contributed by atoms with van der Waals surface area (Å²) in [5, 5.41) is 0. The molecule has 1 aliphatic rings. The van der Waals surface area contributed by atoms with Crippen molar-refractivity contribution in [2.24, 2.45) is 4.99 Å². The van der Waals surface area contributed by atoms with Crippen molar-refractivity contribution in [2.45, 2.75) is 19.4 Å². The Balaban J connectivity index is 1.98. The van der Waals surface area contributed by atoms with E-state index >= 15 is 0 Å². The first-order valence-corrected chi connectivity index (χ1v) is 12.1. The van der Waals surface area contributed by atoms with Crippen LogP contribution in [0.25, 0.3) is 6.08 Å². The van der Waals surface area contributed by atoms with Gasteiger partial charge in [0.2, 0.25) is 0 Å². The molecular weight excluding hydrogens is 520 g/mol. The van der Waals surface area contributed by atoms with Crippen LogP contribution in [0.15, 0.2) is 68.0 Å². The highest BCUT2D eigenvalue weighted by Gasteiger charge is 2.33. The van der Waals surface area contributed by atoms with Crippen molar-refractivity contribution in [2.75, 3.05) is 21.3 Å². The first kappa shape index (κ1) is 24.0. The lowest BCUT2D eigenvalue weighted by Crippen LogP contribution is -2.40. The number of hydrogen-bond donors (Lipinski definition) is 0. The summed E-state index contributed by atoms with van der Waals surface area (Å²) >= 11 is 4.77. The minimum Gasteiger partial charge on any atom is -0.493 e. The topological polar surface area (TPSA) is 79.1 Å². The number of aromatic nitrogens is 1. The Morgan fingerprint density at radius 1 is 1.18 bits per heavy atom. The number of benzene rings is 2. The van der Waals surface area contributed by atoms with Gasteiger partial charge in [-0.15, -0.1) is 0 Å².